The van der Waals surface area contributed by atoms with Gasteiger partial charge in [-0.15, -0.1) is 0 Å². The van der Waals surface area contributed by atoms with Crippen LogP contribution in [0.2, 0.25) is 0 Å². The summed E-state index contributed by atoms with van der Waals surface area (Å²) < 4.78 is 4.76. The Bertz CT molecular complexity index is 428. The molecular weight excluding hydrogens is 230 g/mol. The third-order valence-corrected chi connectivity index (χ3v) is 3.55. The zero-order valence-electron chi connectivity index (χ0n) is 10.6. The minimum atomic E-state index is -0.379. The molecule has 0 aromatic carbocycles. The lowest BCUT2D eigenvalue weighted by molar-refractivity contribution is 0.0601. The number of pyridine rings is 1. The van der Waals surface area contributed by atoms with E-state index in [1.54, 1.807) is 18.3 Å². The summed E-state index contributed by atoms with van der Waals surface area (Å²) in [5, 5.41) is 3.35. The Balaban J connectivity index is 2.25. The number of anilines is 1. The highest BCUT2D eigenvalue weighted by atomic mass is 16.5. The number of nitrogens with two attached hydrogens (primary N) is 1. The number of nitrogens with zero attached hydrogens (tertiary/aromatic N) is 1. The van der Waals surface area contributed by atoms with Gasteiger partial charge in [0.1, 0.15) is 11.4 Å². The van der Waals surface area contributed by atoms with Crippen LogP contribution in [0.5, 0.6) is 0 Å². The smallest absolute Gasteiger partial charge is 0.341 e. The maximum absolute atomic E-state index is 11.7. The average Bonchev–Trinajstić information content (AvgIpc) is 2.88. The Hall–Kier alpha value is -1.62. The van der Waals surface area contributed by atoms with E-state index >= 15 is 0 Å². The molecule has 0 atom stereocenters. The molecule has 2 rings (SSSR count). The first kappa shape index (κ1) is 12.8. The third-order valence-electron chi connectivity index (χ3n) is 3.55. The molecule has 0 aliphatic heterocycles. The van der Waals surface area contributed by atoms with Gasteiger partial charge < -0.3 is 15.8 Å². The van der Waals surface area contributed by atoms with Gasteiger partial charge in [-0.2, -0.15) is 0 Å². The van der Waals surface area contributed by atoms with E-state index in [4.69, 9.17) is 10.5 Å². The van der Waals surface area contributed by atoms with E-state index in [2.05, 4.69) is 10.3 Å². The van der Waals surface area contributed by atoms with Crippen LogP contribution in [0.15, 0.2) is 18.3 Å². The zero-order valence-corrected chi connectivity index (χ0v) is 10.6. The van der Waals surface area contributed by atoms with Crippen molar-refractivity contribution in [1.29, 1.82) is 0 Å². The van der Waals surface area contributed by atoms with Crippen molar-refractivity contribution in [1.82, 2.24) is 4.98 Å². The highest BCUT2D eigenvalue weighted by Crippen LogP contribution is 2.32. The molecule has 1 saturated carbocycles. The molecule has 5 nitrogen and oxygen atoms in total. The minimum absolute atomic E-state index is 0.128. The Morgan fingerprint density at radius 1 is 1.56 bits per heavy atom. The summed E-state index contributed by atoms with van der Waals surface area (Å²) >= 11 is 0. The molecule has 98 valence electrons. The fourth-order valence-corrected chi connectivity index (χ4v) is 2.46. The van der Waals surface area contributed by atoms with Crippen molar-refractivity contribution in [2.24, 2.45) is 5.73 Å². The van der Waals surface area contributed by atoms with Gasteiger partial charge in [-0.25, -0.2) is 9.78 Å². The van der Waals surface area contributed by atoms with Crippen LogP contribution < -0.4 is 11.1 Å². The molecule has 1 aromatic rings. The van der Waals surface area contributed by atoms with E-state index in [9.17, 15) is 4.79 Å². The van der Waals surface area contributed by atoms with Crippen LogP contribution in [0.3, 0.4) is 0 Å². The Labute approximate surface area is 107 Å². The minimum Gasteiger partial charge on any atom is -0.465 e. The number of hydrogen-bond acceptors (Lipinski definition) is 5. The van der Waals surface area contributed by atoms with Gasteiger partial charge in [-0.05, 0) is 25.0 Å². The monoisotopic (exact) mass is 249 g/mol. The van der Waals surface area contributed by atoms with Crippen molar-refractivity contribution in [3.63, 3.8) is 0 Å². The number of esters is 1. The number of carbonyl (C=O) groups excluding carboxylic acids is 1. The molecule has 5 heteroatoms. The summed E-state index contributed by atoms with van der Waals surface area (Å²) in [7, 11) is 1.37. The summed E-state index contributed by atoms with van der Waals surface area (Å²) in [6.07, 6.45) is 6.00. The van der Waals surface area contributed by atoms with Gasteiger partial charge in [-0.3, -0.25) is 0 Å². The van der Waals surface area contributed by atoms with E-state index in [1.807, 2.05) is 0 Å². The highest BCUT2D eigenvalue weighted by Gasteiger charge is 2.33. The van der Waals surface area contributed by atoms with Gasteiger partial charge in [0.25, 0.3) is 0 Å². The number of nitrogens with one attached hydrogen (secondary N) is 1. The van der Waals surface area contributed by atoms with Gasteiger partial charge >= 0.3 is 5.97 Å². The molecule has 0 spiro atoms. The SMILES string of the molecule is COC(=O)c1cccnc1NC1(CN)CCCC1. The van der Waals surface area contributed by atoms with Crippen LogP contribution in [0.25, 0.3) is 0 Å². The van der Waals surface area contributed by atoms with Crippen LogP contribution in [0.1, 0.15) is 36.0 Å². The molecule has 0 amide bonds. The Morgan fingerprint density at radius 3 is 2.89 bits per heavy atom. The van der Waals surface area contributed by atoms with Crippen molar-refractivity contribution >= 4 is 11.8 Å². The van der Waals surface area contributed by atoms with E-state index in [0.717, 1.165) is 25.7 Å². The lowest BCUT2D eigenvalue weighted by atomic mass is 9.97. The van der Waals surface area contributed by atoms with Gasteiger partial charge in [0.15, 0.2) is 0 Å². The fourth-order valence-electron chi connectivity index (χ4n) is 2.46. The van der Waals surface area contributed by atoms with Crippen LogP contribution in [-0.4, -0.2) is 30.1 Å². The molecule has 0 unspecified atom stereocenters. The quantitative estimate of drug-likeness (QED) is 0.792. The normalized spacial score (nSPS) is 17.4. The maximum Gasteiger partial charge on any atom is 0.341 e. The molecule has 0 saturated heterocycles. The number of methoxy groups -OCH3 is 1. The number of hydrogen-bond donors (Lipinski definition) is 2. The summed E-state index contributed by atoms with van der Waals surface area (Å²) in [4.78, 5) is 15.9. The molecule has 1 aliphatic rings. The van der Waals surface area contributed by atoms with E-state index in [0.29, 0.717) is 17.9 Å². The van der Waals surface area contributed by atoms with Crippen LogP contribution in [-0.2, 0) is 4.74 Å². The molecule has 0 radical (unpaired) electrons. The zero-order chi connectivity index (χ0) is 13.0. The standard InChI is InChI=1S/C13H19N3O2/c1-18-12(17)10-5-4-8-15-11(10)16-13(9-14)6-2-3-7-13/h4-5,8H,2-3,6-7,9,14H2,1H3,(H,15,16). The summed E-state index contributed by atoms with van der Waals surface area (Å²) in [5.74, 6) is 0.187. The van der Waals surface area contributed by atoms with Gasteiger partial charge in [0.05, 0.1) is 12.6 Å². The molecule has 18 heavy (non-hydrogen) atoms. The number of carbonyl (C=O) groups is 1. The third kappa shape index (κ3) is 2.46. The maximum atomic E-state index is 11.7. The summed E-state index contributed by atoms with van der Waals surface area (Å²) in [6.45, 7) is 0.546. The van der Waals surface area contributed by atoms with Crippen LogP contribution >= 0.6 is 0 Å². The second-order valence-electron chi connectivity index (χ2n) is 4.71. The summed E-state index contributed by atoms with van der Waals surface area (Å²) in [5.41, 5.74) is 6.20. The van der Waals surface area contributed by atoms with Crippen molar-refractivity contribution in [2.75, 3.05) is 19.0 Å². The van der Waals surface area contributed by atoms with Crippen molar-refractivity contribution in [3.05, 3.63) is 23.9 Å². The van der Waals surface area contributed by atoms with Gasteiger partial charge in [0, 0.05) is 12.7 Å². The molecule has 1 aliphatic carbocycles. The first-order chi connectivity index (χ1) is 8.71. The van der Waals surface area contributed by atoms with Crippen LogP contribution in [0, 0.1) is 0 Å². The van der Waals surface area contributed by atoms with E-state index < -0.39 is 0 Å². The number of ether oxygens (including phenoxy) is 1. The first-order valence-corrected chi connectivity index (χ1v) is 6.22. The first-order valence-electron chi connectivity index (χ1n) is 6.22. The average molecular weight is 249 g/mol. The molecule has 3 N–H and O–H groups in total. The van der Waals surface area contributed by atoms with Crippen molar-refractivity contribution < 1.29 is 9.53 Å². The van der Waals surface area contributed by atoms with Gasteiger partial charge in [-0.1, -0.05) is 12.8 Å². The number of aromatic nitrogens is 1. The topological polar surface area (TPSA) is 77.2 Å². The predicted octanol–water partition coefficient (Wildman–Crippen LogP) is 1.55. The van der Waals surface area contributed by atoms with Crippen LogP contribution in [0.4, 0.5) is 5.82 Å². The molecule has 1 heterocycles. The van der Waals surface area contributed by atoms with Crippen molar-refractivity contribution in [3.8, 4) is 0 Å². The second kappa shape index (κ2) is 5.35. The predicted molar refractivity (Wildman–Crippen MR) is 69.5 cm³/mol. The molecule has 1 aromatic heterocycles. The highest BCUT2D eigenvalue weighted by molar-refractivity contribution is 5.94. The second-order valence-corrected chi connectivity index (χ2v) is 4.71. The molecule has 1 fully saturated rings. The summed E-state index contributed by atoms with van der Waals surface area (Å²) in [6, 6.07) is 3.43. The van der Waals surface area contributed by atoms with E-state index in [-0.39, 0.29) is 11.5 Å². The Kier molecular flexibility index (Phi) is 3.81. The Morgan fingerprint density at radius 2 is 2.28 bits per heavy atom. The van der Waals surface area contributed by atoms with E-state index in [1.165, 1.54) is 7.11 Å². The number of rotatable bonds is 4. The largest absolute Gasteiger partial charge is 0.465 e. The lowest BCUT2D eigenvalue weighted by Crippen LogP contribution is -2.43. The van der Waals surface area contributed by atoms with Gasteiger partial charge in [0.2, 0.25) is 0 Å². The van der Waals surface area contributed by atoms with Crippen molar-refractivity contribution in [2.45, 2.75) is 31.2 Å². The fraction of sp³-hybridized carbons (Fsp3) is 0.538. The lowest BCUT2D eigenvalue weighted by Gasteiger charge is -2.30. The molecule has 0 bridgehead atoms. The molecular formula is C13H19N3O2.